The highest BCUT2D eigenvalue weighted by Crippen LogP contribution is 2.19. The summed E-state index contributed by atoms with van der Waals surface area (Å²) in [5.41, 5.74) is 6.08. The Kier molecular flexibility index (Phi) is 4.89. The van der Waals surface area contributed by atoms with Gasteiger partial charge in [-0.3, -0.25) is 0 Å². The molecule has 1 aromatic carbocycles. The van der Waals surface area contributed by atoms with E-state index in [0.29, 0.717) is 12.1 Å². The number of hydrogen-bond acceptors (Lipinski definition) is 5. The summed E-state index contributed by atoms with van der Waals surface area (Å²) in [5, 5.41) is 8.72. The minimum Gasteiger partial charge on any atom is -0.398 e. The van der Waals surface area contributed by atoms with E-state index >= 15 is 0 Å². The van der Waals surface area contributed by atoms with Crippen LogP contribution in [0.4, 0.5) is 5.69 Å². The van der Waals surface area contributed by atoms with Crippen molar-refractivity contribution in [3.8, 4) is 6.07 Å². The van der Waals surface area contributed by atoms with E-state index in [0.717, 1.165) is 0 Å². The van der Waals surface area contributed by atoms with Gasteiger partial charge in [-0.1, -0.05) is 0 Å². The standard InChI is InChI=1S/C12H18N4O2S/c1-9(8-16(2)3)15-19(17,18)12-5-4-10(7-13)6-11(12)14/h4-6,9,15H,8,14H2,1-3H3. The van der Waals surface area contributed by atoms with Crippen LogP contribution in [0.2, 0.25) is 0 Å². The SMILES string of the molecule is CC(CN(C)C)NS(=O)(=O)c1ccc(C#N)cc1N. The molecule has 0 aliphatic heterocycles. The summed E-state index contributed by atoms with van der Waals surface area (Å²) in [6.45, 7) is 2.35. The van der Waals surface area contributed by atoms with Gasteiger partial charge in [-0.2, -0.15) is 5.26 Å². The van der Waals surface area contributed by atoms with Crippen molar-refractivity contribution in [1.82, 2.24) is 9.62 Å². The zero-order chi connectivity index (χ0) is 14.6. The van der Waals surface area contributed by atoms with Crippen molar-refractivity contribution in [3.63, 3.8) is 0 Å². The molecule has 0 amide bonds. The molecule has 0 radical (unpaired) electrons. The van der Waals surface area contributed by atoms with Crippen LogP contribution in [0.3, 0.4) is 0 Å². The van der Waals surface area contributed by atoms with Crippen LogP contribution in [-0.4, -0.2) is 40.0 Å². The molecule has 1 aromatic rings. The van der Waals surface area contributed by atoms with Crippen molar-refractivity contribution < 1.29 is 8.42 Å². The predicted octanol–water partition coefficient (Wildman–Crippen LogP) is 0.369. The molecule has 3 N–H and O–H groups in total. The van der Waals surface area contributed by atoms with Crippen LogP contribution in [-0.2, 0) is 10.0 Å². The van der Waals surface area contributed by atoms with Crippen LogP contribution >= 0.6 is 0 Å². The summed E-state index contributed by atoms with van der Waals surface area (Å²) < 4.78 is 26.9. The smallest absolute Gasteiger partial charge is 0.242 e. The molecule has 7 heteroatoms. The normalized spacial score (nSPS) is 13.2. The second-order valence-corrected chi connectivity index (χ2v) is 6.33. The van der Waals surface area contributed by atoms with E-state index in [2.05, 4.69) is 4.72 Å². The fourth-order valence-electron chi connectivity index (χ4n) is 1.78. The molecule has 6 nitrogen and oxygen atoms in total. The average Bonchev–Trinajstić information content (AvgIpc) is 2.26. The zero-order valence-electron chi connectivity index (χ0n) is 11.2. The Morgan fingerprint density at radius 2 is 2.11 bits per heavy atom. The number of nitrogens with two attached hydrogens (primary N) is 1. The molecule has 0 aromatic heterocycles. The molecule has 1 rings (SSSR count). The maximum absolute atomic E-state index is 12.2. The number of anilines is 1. The Bertz CT molecular complexity index is 590. The summed E-state index contributed by atoms with van der Waals surface area (Å²) in [6.07, 6.45) is 0. The van der Waals surface area contributed by atoms with E-state index in [1.165, 1.54) is 18.2 Å². The first-order valence-electron chi connectivity index (χ1n) is 5.73. The van der Waals surface area contributed by atoms with E-state index in [4.69, 9.17) is 11.0 Å². The molecule has 19 heavy (non-hydrogen) atoms. The third kappa shape index (κ3) is 4.21. The number of nitrogens with zero attached hydrogens (tertiary/aromatic N) is 2. The largest absolute Gasteiger partial charge is 0.398 e. The fourth-order valence-corrected chi connectivity index (χ4v) is 3.12. The van der Waals surface area contributed by atoms with Gasteiger partial charge < -0.3 is 10.6 Å². The zero-order valence-corrected chi connectivity index (χ0v) is 12.0. The second kappa shape index (κ2) is 6.02. The number of nitrogen functional groups attached to an aromatic ring is 1. The van der Waals surface area contributed by atoms with Gasteiger partial charge in [-0.25, -0.2) is 13.1 Å². The van der Waals surface area contributed by atoms with Crippen LogP contribution < -0.4 is 10.5 Å². The molecule has 104 valence electrons. The molecule has 1 unspecified atom stereocenters. The van der Waals surface area contributed by atoms with Gasteiger partial charge in [0.25, 0.3) is 0 Å². The Balaban J connectivity index is 2.98. The van der Waals surface area contributed by atoms with Gasteiger partial charge in [0.05, 0.1) is 17.3 Å². The number of nitriles is 1. The topological polar surface area (TPSA) is 99.2 Å². The lowest BCUT2D eigenvalue weighted by molar-refractivity contribution is 0.370. The Morgan fingerprint density at radius 3 is 2.58 bits per heavy atom. The van der Waals surface area contributed by atoms with Gasteiger partial charge in [0, 0.05) is 12.6 Å². The van der Waals surface area contributed by atoms with Crippen molar-refractivity contribution in [2.24, 2.45) is 0 Å². The lowest BCUT2D eigenvalue weighted by Gasteiger charge is -2.18. The number of sulfonamides is 1. The first-order valence-corrected chi connectivity index (χ1v) is 7.21. The van der Waals surface area contributed by atoms with Crippen molar-refractivity contribution in [1.29, 1.82) is 5.26 Å². The van der Waals surface area contributed by atoms with Crippen molar-refractivity contribution in [3.05, 3.63) is 23.8 Å². The lowest BCUT2D eigenvalue weighted by atomic mass is 10.2. The molecular weight excluding hydrogens is 264 g/mol. The van der Waals surface area contributed by atoms with Gasteiger partial charge in [0.15, 0.2) is 0 Å². The second-order valence-electron chi connectivity index (χ2n) is 4.65. The van der Waals surface area contributed by atoms with Gasteiger partial charge in [-0.05, 0) is 39.2 Å². The van der Waals surface area contributed by atoms with E-state index in [1.54, 1.807) is 6.92 Å². The molecule has 0 spiro atoms. The number of benzene rings is 1. The molecule has 0 fully saturated rings. The van der Waals surface area contributed by atoms with Gasteiger partial charge >= 0.3 is 0 Å². The maximum atomic E-state index is 12.2. The van der Waals surface area contributed by atoms with E-state index in [9.17, 15) is 8.42 Å². The third-order valence-corrected chi connectivity index (χ3v) is 4.09. The molecule has 0 saturated carbocycles. The van der Waals surface area contributed by atoms with Gasteiger partial charge in [0.2, 0.25) is 10.0 Å². The molecule has 0 aliphatic rings. The predicted molar refractivity (Wildman–Crippen MR) is 73.9 cm³/mol. The Morgan fingerprint density at radius 1 is 1.47 bits per heavy atom. The lowest BCUT2D eigenvalue weighted by Crippen LogP contribution is -2.39. The van der Waals surface area contributed by atoms with Gasteiger partial charge in [0.1, 0.15) is 4.90 Å². The number of likely N-dealkylation sites (N-methyl/N-ethyl adjacent to an activating group) is 1. The van der Waals surface area contributed by atoms with Crippen molar-refractivity contribution in [2.75, 3.05) is 26.4 Å². The Labute approximate surface area is 113 Å². The molecule has 0 heterocycles. The van der Waals surface area contributed by atoms with Gasteiger partial charge in [-0.15, -0.1) is 0 Å². The fraction of sp³-hybridized carbons (Fsp3) is 0.417. The van der Waals surface area contributed by atoms with Crippen LogP contribution in [0.15, 0.2) is 23.1 Å². The minimum atomic E-state index is -3.67. The third-order valence-electron chi connectivity index (χ3n) is 2.42. The van der Waals surface area contributed by atoms with Crippen LogP contribution in [0.25, 0.3) is 0 Å². The summed E-state index contributed by atoms with van der Waals surface area (Å²) in [6, 6.07) is 5.80. The highest BCUT2D eigenvalue weighted by molar-refractivity contribution is 7.89. The van der Waals surface area contributed by atoms with E-state index < -0.39 is 10.0 Å². The molecule has 1 atom stereocenters. The summed E-state index contributed by atoms with van der Waals surface area (Å²) in [7, 11) is 0.0521. The Hall–Kier alpha value is -1.62. The van der Waals surface area contributed by atoms with Crippen LogP contribution in [0, 0.1) is 11.3 Å². The average molecular weight is 282 g/mol. The van der Waals surface area contributed by atoms with Crippen molar-refractivity contribution in [2.45, 2.75) is 17.9 Å². The first kappa shape index (κ1) is 15.4. The highest BCUT2D eigenvalue weighted by atomic mass is 32.2. The minimum absolute atomic E-state index is 0.00268. The number of nitrogens with one attached hydrogen (secondary N) is 1. The summed E-state index contributed by atoms with van der Waals surface area (Å²) in [5.74, 6) is 0. The molecular formula is C12H18N4O2S. The quantitative estimate of drug-likeness (QED) is 0.760. The van der Waals surface area contributed by atoms with Crippen LogP contribution in [0.1, 0.15) is 12.5 Å². The summed E-state index contributed by atoms with van der Waals surface area (Å²) >= 11 is 0. The number of hydrogen-bond donors (Lipinski definition) is 2. The maximum Gasteiger partial charge on any atom is 0.242 e. The highest BCUT2D eigenvalue weighted by Gasteiger charge is 2.20. The molecule has 0 bridgehead atoms. The monoisotopic (exact) mass is 282 g/mol. The van der Waals surface area contributed by atoms with E-state index in [1.807, 2.05) is 25.1 Å². The van der Waals surface area contributed by atoms with Crippen LogP contribution in [0.5, 0.6) is 0 Å². The number of rotatable bonds is 5. The van der Waals surface area contributed by atoms with E-state index in [-0.39, 0.29) is 16.6 Å². The summed E-state index contributed by atoms with van der Waals surface area (Å²) in [4.78, 5) is 1.88. The molecule has 0 aliphatic carbocycles. The first-order chi connectivity index (χ1) is 8.76. The molecule has 0 saturated heterocycles. The van der Waals surface area contributed by atoms with Crippen molar-refractivity contribution >= 4 is 15.7 Å².